The molecule has 0 amide bonds. The van der Waals surface area contributed by atoms with Crippen LogP contribution in [0.3, 0.4) is 0 Å². The minimum Gasteiger partial charge on any atom is -0.497 e. The molecule has 4 heteroatoms. The fourth-order valence-electron chi connectivity index (χ4n) is 2.46. The van der Waals surface area contributed by atoms with Crippen molar-refractivity contribution in [3.63, 3.8) is 0 Å². The zero-order valence-electron chi connectivity index (χ0n) is 11.1. The van der Waals surface area contributed by atoms with Crippen molar-refractivity contribution in [3.8, 4) is 11.5 Å². The minimum atomic E-state index is 0.227. The molecule has 2 unspecified atom stereocenters. The normalized spacial score (nSPS) is 23.5. The van der Waals surface area contributed by atoms with E-state index >= 15 is 0 Å². The largest absolute Gasteiger partial charge is 0.497 e. The van der Waals surface area contributed by atoms with Crippen molar-refractivity contribution in [1.29, 1.82) is 0 Å². The molecule has 0 heterocycles. The van der Waals surface area contributed by atoms with E-state index < -0.39 is 0 Å². The van der Waals surface area contributed by atoms with Crippen molar-refractivity contribution in [2.45, 2.75) is 37.8 Å². The van der Waals surface area contributed by atoms with E-state index in [-0.39, 0.29) is 6.04 Å². The smallest absolute Gasteiger partial charge is 0.145 e. The molecule has 1 aromatic carbocycles. The van der Waals surface area contributed by atoms with Crippen LogP contribution in [-0.2, 0) is 0 Å². The van der Waals surface area contributed by atoms with Gasteiger partial charge in [-0.15, -0.1) is 0 Å². The molecule has 0 bridgehead atoms. The minimum absolute atomic E-state index is 0.227. The first kappa shape index (κ1) is 13.0. The van der Waals surface area contributed by atoms with Crippen molar-refractivity contribution in [3.05, 3.63) is 18.2 Å². The van der Waals surface area contributed by atoms with Gasteiger partial charge in [0.15, 0.2) is 0 Å². The number of nitrogens with two attached hydrogens (primary N) is 1. The first-order valence-electron chi connectivity index (χ1n) is 6.48. The summed E-state index contributed by atoms with van der Waals surface area (Å²) in [5, 5.41) is 3.50. The van der Waals surface area contributed by atoms with Gasteiger partial charge >= 0.3 is 0 Å². The molecule has 18 heavy (non-hydrogen) atoms. The standard InChI is InChI=1S/C14H22N2O2/c1-17-10-7-8-13(14(9-10)18-2)16-12-6-4-3-5-11(12)15/h7-9,11-12,16H,3-6,15H2,1-2H3. The molecular formula is C14H22N2O2. The predicted molar refractivity (Wildman–Crippen MR) is 73.4 cm³/mol. The second-order valence-electron chi connectivity index (χ2n) is 4.77. The first-order valence-corrected chi connectivity index (χ1v) is 6.48. The Balaban J connectivity index is 2.12. The maximum atomic E-state index is 6.15. The van der Waals surface area contributed by atoms with Gasteiger partial charge in [-0.25, -0.2) is 0 Å². The van der Waals surface area contributed by atoms with Crippen LogP contribution in [0.5, 0.6) is 11.5 Å². The molecule has 1 aliphatic carbocycles. The van der Waals surface area contributed by atoms with Crippen molar-refractivity contribution in [2.24, 2.45) is 5.73 Å². The van der Waals surface area contributed by atoms with Gasteiger partial charge in [0, 0.05) is 18.2 Å². The molecule has 1 fully saturated rings. The van der Waals surface area contributed by atoms with E-state index in [1.54, 1.807) is 14.2 Å². The number of hydrogen-bond donors (Lipinski definition) is 2. The van der Waals surface area contributed by atoms with Crippen LogP contribution in [0.1, 0.15) is 25.7 Å². The summed E-state index contributed by atoms with van der Waals surface area (Å²) < 4.78 is 10.6. The summed E-state index contributed by atoms with van der Waals surface area (Å²) in [6.45, 7) is 0. The van der Waals surface area contributed by atoms with E-state index in [0.29, 0.717) is 6.04 Å². The van der Waals surface area contributed by atoms with Gasteiger partial charge in [0.2, 0.25) is 0 Å². The van der Waals surface area contributed by atoms with Crippen LogP contribution in [0, 0.1) is 0 Å². The third-order valence-electron chi connectivity index (χ3n) is 3.57. The molecule has 1 aliphatic rings. The summed E-state index contributed by atoms with van der Waals surface area (Å²) in [6, 6.07) is 6.36. The van der Waals surface area contributed by atoms with Gasteiger partial charge < -0.3 is 20.5 Å². The Kier molecular flexibility index (Phi) is 4.31. The number of benzene rings is 1. The van der Waals surface area contributed by atoms with E-state index in [2.05, 4.69) is 5.32 Å². The Hall–Kier alpha value is -1.42. The second kappa shape index (κ2) is 5.96. The van der Waals surface area contributed by atoms with Gasteiger partial charge in [-0.05, 0) is 25.0 Å². The number of rotatable bonds is 4. The lowest BCUT2D eigenvalue weighted by molar-refractivity contribution is 0.388. The molecule has 3 N–H and O–H groups in total. The Labute approximate surface area is 108 Å². The van der Waals surface area contributed by atoms with Gasteiger partial charge in [-0.1, -0.05) is 12.8 Å². The van der Waals surface area contributed by atoms with E-state index in [1.165, 1.54) is 12.8 Å². The van der Waals surface area contributed by atoms with Crippen molar-refractivity contribution >= 4 is 5.69 Å². The predicted octanol–water partition coefficient (Wildman–Crippen LogP) is 2.39. The second-order valence-corrected chi connectivity index (χ2v) is 4.77. The molecule has 4 nitrogen and oxygen atoms in total. The Morgan fingerprint density at radius 3 is 2.61 bits per heavy atom. The molecule has 1 saturated carbocycles. The fraction of sp³-hybridized carbons (Fsp3) is 0.571. The Morgan fingerprint density at radius 1 is 1.17 bits per heavy atom. The molecule has 2 rings (SSSR count). The quantitative estimate of drug-likeness (QED) is 0.861. The third-order valence-corrected chi connectivity index (χ3v) is 3.57. The Bertz CT molecular complexity index is 395. The highest BCUT2D eigenvalue weighted by Gasteiger charge is 2.22. The average Bonchev–Trinajstić information content (AvgIpc) is 2.41. The lowest BCUT2D eigenvalue weighted by atomic mass is 9.91. The van der Waals surface area contributed by atoms with Gasteiger partial charge in [-0.2, -0.15) is 0 Å². The molecule has 0 radical (unpaired) electrons. The van der Waals surface area contributed by atoms with Gasteiger partial charge in [0.25, 0.3) is 0 Å². The van der Waals surface area contributed by atoms with Crippen molar-refractivity contribution in [1.82, 2.24) is 0 Å². The maximum absolute atomic E-state index is 6.15. The van der Waals surface area contributed by atoms with Crippen LogP contribution in [0.15, 0.2) is 18.2 Å². The van der Waals surface area contributed by atoms with E-state index in [9.17, 15) is 0 Å². The van der Waals surface area contributed by atoms with Crippen LogP contribution >= 0.6 is 0 Å². The fourth-order valence-corrected chi connectivity index (χ4v) is 2.46. The number of anilines is 1. The number of hydrogen-bond acceptors (Lipinski definition) is 4. The Morgan fingerprint density at radius 2 is 1.94 bits per heavy atom. The highest BCUT2D eigenvalue weighted by Crippen LogP contribution is 2.31. The summed E-state index contributed by atoms with van der Waals surface area (Å²) in [5.41, 5.74) is 7.13. The van der Waals surface area contributed by atoms with Crippen LogP contribution < -0.4 is 20.5 Å². The van der Waals surface area contributed by atoms with Crippen LogP contribution in [-0.4, -0.2) is 26.3 Å². The lowest BCUT2D eigenvalue weighted by Crippen LogP contribution is -2.42. The van der Waals surface area contributed by atoms with E-state index in [4.69, 9.17) is 15.2 Å². The zero-order valence-corrected chi connectivity index (χ0v) is 11.1. The number of nitrogens with one attached hydrogen (secondary N) is 1. The monoisotopic (exact) mass is 250 g/mol. The van der Waals surface area contributed by atoms with E-state index in [1.807, 2.05) is 18.2 Å². The summed E-state index contributed by atoms with van der Waals surface area (Å²) >= 11 is 0. The van der Waals surface area contributed by atoms with Gasteiger partial charge in [-0.3, -0.25) is 0 Å². The third kappa shape index (κ3) is 2.88. The molecule has 2 atom stereocenters. The highest BCUT2D eigenvalue weighted by atomic mass is 16.5. The zero-order chi connectivity index (χ0) is 13.0. The SMILES string of the molecule is COc1ccc(NC2CCCCC2N)c(OC)c1. The number of ether oxygens (including phenoxy) is 2. The van der Waals surface area contributed by atoms with Crippen LogP contribution in [0.25, 0.3) is 0 Å². The summed E-state index contributed by atoms with van der Waals surface area (Å²) in [4.78, 5) is 0. The molecule has 100 valence electrons. The highest BCUT2D eigenvalue weighted by molar-refractivity contribution is 5.59. The molecular weight excluding hydrogens is 228 g/mol. The topological polar surface area (TPSA) is 56.5 Å². The average molecular weight is 250 g/mol. The van der Waals surface area contributed by atoms with Gasteiger partial charge in [0.05, 0.1) is 19.9 Å². The van der Waals surface area contributed by atoms with Crippen molar-refractivity contribution < 1.29 is 9.47 Å². The summed E-state index contributed by atoms with van der Waals surface area (Å²) in [7, 11) is 3.32. The first-order chi connectivity index (χ1) is 8.74. The van der Waals surface area contributed by atoms with Gasteiger partial charge in [0.1, 0.15) is 11.5 Å². The molecule has 0 saturated heterocycles. The maximum Gasteiger partial charge on any atom is 0.145 e. The summed E-state index contributed by atoms with van der Waals surface area (Å²) in [6.07, 6.45) is 4.69. The van der Waals surface area contributed by atoms with Crippen LogP contribution in [0.4, 0.5) is 5.69 Å². The molecule has 1 aromatic rings. The van der Waals surface area contributed by atoms with Crippen molar-refractivity contribution in [2.75, 3.05) is 19.5 Å². The molecule has 0 spiro atoms. The molecule has 0 aromatic heterocycles. The van der Waals surface area contributed by atoms with Crippen LogP contribution in [0.2, 0.25) is 0 Å². The van der Waals surface area contributed by atoms with E-state index in [0.717, 1.165) is 30.0 Å². The molecule has 0 aliphatic heterocycles. The number of methoxy groups -OCH3 is 2. The summed E-state index contributed by atoms with van der Waals surface area (Å²) in [5.74, 6) is 1.59. The lowest BCUT2D eigenvalue weighted by Gasteiger charge is -2.30.